The SMILES string of the molecule is CC(C)(C)[Si](C)(C)O[C@H]1C[C@H]2O[C@@H]1C(=O)c1nc3c(N)ncnc3n12. The molecule has 0 aliphatic carbocycles. The van der Waals surface area contributed by atoms with Crippen molar-refractivity contribution in [1.29, 1.82) is 0 Å². The largest absolute Gasteiger partial charge is 0.411 e. The number of carbonyl (C=O) groups is 1. The number of Topliss-reactive ketones (excluding diaryl/α,β-unsaturated/α-hetero) is 1. The highest BCUT2D eigenvalue weighted by Crippen LogP contribution is 2.44. The molecule has 134 valence electrons. The van der Waals surface area contributed by atoms with Gasteiger partial charge in [-0.1, -0.05) is 20.8 Å². The zero-order valence-electron chi connectivity index (χ0n) is 15.1. The van der Waals surface area contributed by atoms with E-state index in [2.05, 4.69) is 48.8 Å². The van der Waals surface area contributed by atoms with Crippen LogP contribution in [-0.4, -0.2) is 45.8 Å². The van der Waals surface area contributed by atoms with Gasteiger partial charge in [-0.3, -0.25) is 9.36 Å². The fraction of sp³-hybridized carbons (Fsp3) is 0.625. The van der Waals surface area contributed by atoms with E-state index in [1.807, 2.05) is 0 Å². The third kappa shape index (κ3) is 2.33. The van der Waals surface area contributed by atoms with Gasteiger partial charge in [0.05, 0.1) is 6.10 Å². The van der Waals surface area contributed by atoms with Crippen LogP contribution in [0, 0.1) is 0 Å². The summed E-state index contributed by atoms with van der Waals surface area (Å²) < 4.78 is 14.2. The van der Waals surface area contributed by atoms with Crippen LogP contribution in [0.5, 0.6) is 0 Å². The van der Waals surface area contributed by atoms with E-state index in [4.69, 9.17) is 14.9 Å². The Kier molecular flexibility index (Phi) is 3.38. The predicted molar refractivity (Wildman–Crippen MR) is 94.7 cm³/mol. The molecular weight excluding hydrogens is 338 g/mol. The second kappa shape index (κ2) is 5.09. The minimum absolute atomic E-state index is 0.0642. The zero-order valence-corrected chi connectivity index (χ0v) is 16.1. The lowest BCUT2D eigenvalue weighted by atomic mass is 10.1. The van der Waals surface area contributed by atoms with E-state index in [0.717, 1.165) is 0 Å². The second-order valence-corrected chi connectivity index (χ2v) is 13.0. The summed E-state index contributed by atoms with van der Waals surface area (Å²) in [5.41, 5.74) is 6.85. The van der Waals surface area contributed by atoms with Crippen LogP contribution in [0.4, 0.5) is 5.82 Å². The van der Waals surface area contributed by atoms with Gasteiger partial charge in [0.2, 0.25) is 5.78 Å². The summed E-state index contributed by atoms with van der Waals surface area (Å²) >= 11 is 0. The van der Waals surface area contributed by atoms with Crippen LogP contribution in [0.1, 0.15) is 44.0 Å². The average Bonchev–Trinajstić information content (AvgIpc) is 3.05. The first-order chi connectivity index (χ1) is 11.6. The number of anilines is 1. The van der Waals surface area contributed by atoms with Crippen LogP contribution < -0.4 is 5.73 Å². The number of nitrogens with two attached hydrogens (primary N) is 1. The van der Waals surface area contributed by atoms with Gasteiger partial charge in [-0.05, 0) is 18.1 Å². The van der Waals surface area contributed by atoms with Crippen LogP contribution in [0.2, 0.25) is 18.1 Å². The van der Waals surface area contributed by atoms with Gasteiger partial charge in [0, 0.05) is 6.42 Å². The number of nitrogens with zero attached hydrogens (tertiary/aromatic N) is 4. The molecule has 0 unspecified atom stereocenters. The molecule has 1 fully saturated rings. The summed E-state index contributed by atoms with van der Waals surface area (Å²) in [6, 6.07) is 0. The summed E-state index contributed by atoms with van der Waals surface area (Å²) in [6.07, 6.45) is 0.797. The maximum atomic E-state index is 12.9. The van der Waals surface area contributed by atoms with Crippen molar-refractivity contribution in [2.75, 3.05) is 5.73 Å². The van der Waals surface area contributed by atoms with Crippen LogP contribution >= 0.6 is 0 Å². The van der Waals surface area contributed by atoms with Crippen LogP contribution in [0.15, 0.2) is 6.33 Å². The third-order valence-electron chi connectivity index (χ3n) is 5.60. The van der Waals surface area contributed by atoms with Gasteiger partial charge in [-0.15, -0.1) is 0 Å². The van der Waals surface area contributed by atoms with E-state index >= 15 is 0 Å². The number of hydrogen-bond acceptors (Lipinski definition) is 7. The molecule has 0 spiro atoms. The Labute approximate surface area is 146 Å². The van der Waals surface area contributed by atoms with Crippen LogP contribution in [0.25, 0.3) is 11.2 Å². The number of ketones is 1. The molecule has 0 saturated carbocycles. The number of imidazole rings is 1. The monoisotopic (exact) mass is 361 g/mol. The number of hydrogen-bond donors (Lipinski definition) is 1. The Hall–Kier alpha value is -1.84. The Morgan fingerprint density at radius 1 is 1.36 bits per heavy atom. The molecule has 1 saturated heterocycles. The fourth-order valence-electron chi connectivity index (χ4n) is 3.20. The van der Waals surface area contributed by atoms with Crippen molar-refractivity contribution < 1.29 is 14.0 Å². The van der Waals surface area contributed by atoms with E-state index < -0.39 is 14.4 Å². The zero-order chi connectivity index (χ0) is 18.1. The fourth-order valence-corrected chi connectivity index (χ4v) is 4.53. The minimum atomic E-state index is -2.01. The highest BCUT2D eigenvalue weighted by molar-refractivity contribution is 6.74. The van der Waals surface area contributed by atoms with Gasteiger partial charge in [-0.2, -0.15) is 0 Å². The topological polar surface area (TPSA) is 105 Å². The molecule has 0 aromatic carbocycles. The van der Waals surface area contributed by atoms with E-state index in [9.17, 15) is 4.79 Å². The van der Waals surface area contributed by atoms with Gasteiger partial charge in [0.25, 0.3) is 0 Å². The molecule has 9 heteroatoms. The minimum Gasteiger partial charge on any atom is -0.411 e. The third-order valence-corrected chi connectivity index (χ3v) is 10.1. The van der Waals surface area contributed by atoms with Gasteiger partial charge in [0.15, 0.2) is 37.2 Å². The lowest BCUT2D eigenvalue weighted by molar-refractivity contribution is -0.0192. The van der Waals surface area contributed by atoms with Crippen molar-refractivity contribution in [1.82, 2.24) is 19.5 Å². The Balaban J connectivity index is 1.71. The number of fused-ring (bicyclic) bond motifs is 6. The molecule has 0 radical (unpaired) electrons. The van der Waals surface area contributed by atoms with Gasteiger partial charge >= 0.3 is 0 Å². The van der Waals surface area contributed by atoms with Crippen molar-refractivity contribution in [2.24, 2.45) is 0 Å². The Morgan fingerprint density at radius 2 is 2.08 bits per heavy atom. The van der Waals surface area contributed by atoms with E-state index in [1.54, 1.807) is 4.57 Å². The Bertz CT molecular complexity index is 873. The molecule has 4 rings (SSSR count). The summed E-state index contributed by atoms with van der Waals surface area (Å²) in [7, 11) is -2.01. The molecule has 2 bridgehead atoms. The number of rotatable bonds is 2. The summed E-state index contributed by atoms with van der Waals surface area (Å²) in [6.45, 7) is 10.9. The van der Waals surface area contributed by atoms with E-state index in [1.165, 1.54) is 6.33 Å². The summed E-state index contributed by atoms with van der Waals surface area (Å²) in [5.74, 6) is 0.435. The molecule has 4 heterocycles. The summed E-state index contributed by atoms with van der Waals surface area (Å²) in [5, 5.41) is 0.0642. The first kappa shape index (κ1) is 16.6. The van der Waals surface area contributed by atoms with E-state index in [0.29, 0.717) is 23.4 Å². The summed E-state index contributed by atoms with van der Waals surface area (Å²) in [4.78, 5) is 25.5. The van der Waals surface area contributed by atoms with Gasteiger partial charge < -0.3 is 14.9 Å². The molecule has 2 aromatic rings. The van der Waals surface area contributed by atoms with Crippen molar-refractivity contribution >= 4 is 31.1 Å². The Morgan fingerprint density at radius 3 is 2.76 bits per heavy atom. The lowest BCUT2D eigenvalue weighted by Crippen LogP contribution is -2.47. The van der Waals surface area contributed by atoms with E-state index in [-0.39, 0.29) is 29.0 Å². The molecule has 0 amide bonds. The van der Waals surface area contributed by atoms with Crippen LogP contribution in [0.3, 0.4) is 0 Å². The first-order valence-electron chi connectivity index (χ1n) is 8.46. The quantitative estimate of drug-likeness (QED) is 0.818. The molecule has 2 aliphatic heterocycles. The van der Waals surface area contributed by atoms with Crippen molar-refractivity contribution in [3.05, 3.63) is 12.2 Å². The van der Waals surface area contributed by atoms with Gasteiger partial charge in [0.1, 0.15) is 12.6 Å². The number of carbonyl (C=O) groups excluding carboxylic acids is 1. The van der Waals surface area contributed by atoms with Gasteiger partial charge in [-0.25, -0.2) is 15.0 Å². The average molecular weight is 361 g/mol. The standard InChI is InChI=1S/C16H23N5O3Si/c1-16(2,3)25(4,5)24-8-6-9-21-14-10(13(17)18-7-19-14)20-15(21)11(22)12(8)23-9/h7-9,12H,6H2,1-5H3,(H2,17,18,19)/t8-,9+,12-/m0/s1. The lowest BCUT2D eigenvalue weighted by Gasteiger charge is -2.39. The molecular formula is C16H23N5O3Si. The molecule has 2 aliphatic rings. The number of aromatic nitrogens is 4. The molecule has 8 nitrogen and oxygen atoms in total. The second-order valence-electron chi connectivity index (χ2n) is 8.26. The van der Waals surface area contributed by atoms with Crippen molar-refractivity contribution in [3.63, 3.8) is 0 Å². The maximum Gasteiger partial charge on any atom is 0.229 e. The van der Waals surface area contributed by atoms with Crippen molar-refractivity contribution in [2.45, 2.75) is 63.8 Å². The number of ether oxygens (including phenoxy) is 1. The molecule has 25 heavy (non-hydrogen) atoms. The maximum absolute atomic E-state index is 12.9. The normalized spacial score (nSPS) is 26.3. The first-order valence-corrected chi connectivity index (χ1v) is 11.4. The number of nitrogen functional groups attached to an aromatic ring is 1. The molecule has 2 N–H and O–H groups in total. The highest BCUT2D eigenvalue weighted by Gasteiger charge is 2.52. The van der Waals surface area contributed by atoms with Crippen molar-refractivity contribution in [3.8, 4) is 0 Å². The molecule has 3 atom stereocenters. The smallest absolute Gasteiger partial charge is 0.229 e. The molecule has 2 aromatic heterocycles. The predicted octanol–water partition coefficient (Wildman–Crippen LogP) is 2.28. The highest BCUT2D eigenvalue weighted by atomic mass is 28.4. The van der Waals surface area contributed by atoms with Crippen LogP contribution in [-0.2, 0) is 9.16 Å².